The zero-order valence-electron chi connectivity index (χ0n) is 12.3. The van der Waals surface area contributed by atoms with E-state index in [-0.39, 0.29) is 5.75 Å². The number of carbonyl (C=O) groups is 2. The third kappa shape index (κ3) is 4.70. The van der Waals surface area contributed by atoms with Gasteiger partial charge in [0.15, 0.2) is 18.2 Å². The molecule has 7 heteroatoms. The highest BCUT2D eigenvalue weighted by atomic mass is 19.1. The number of amides is 2. The van der Waals surface area contributed by atoms with Gasteiger partial charge in [-0.3, -0.25) is 20.4 Å². The van der Waals surface area contributed by atoms with Gasteiger partial charge in [0, 0.05) is 5.56 Å². The highest BCUT2D eigenvalue weighted by molar-refractivity contribution is 5.95. The van der Waals surface area contributed by atoms with E-state index in [0.29, 0.717) is 11.3 Å². The topological polar surface area (TPSA) is 76.7 Å². The number of ether oxygens (including phenoxy) is 2. The SMILES string of the molecule is COc1ccc(C(=O)NNC(=O)COc2ccccc2F)cc1. The predicted molar refractivity (Wildman–Crippen MR) is 80.5 cm³/mol. The standard InChI is InChI=1S/C16H15FN2O4/c1-22-12-8-6-11(7-9-12)16(21)19-18-15(20)10-23-14-5-3-2-4-13(14)17/h2-9H,10H2,1H3,(H,18,20)(H,19,21). The number of nitrogens with one attached hydrogen (secondary N) is 2. The number of halogens is 1. The molecule has 0 radical (unpaired) electrons. The van der Waals surface area contributed by atoms with E-state index in [2.05, 4.69) is 10.9 Å². The van der Waals surface area contributed by atoms with E-state index in [1.54, 1.807) is 30.3 Å². The lowest BCUT2D eigenvalue weighted by Crippen LogP contribution is -2.43. The van der Waals surface area contributed by atoms with Crippen molar-refractivity contribution in [3.8, 4) is 11.5 Å². The van der Waals surface area contributed by atoms with Crippen LogP contribution in [0.3, 0.4) is 0 Å². The van der Waals surface area contributed by atoms with Crippen LogP contribution in [0.1, 0.15) is 10.4 Å². The largest absolute Gasteiger partial charge is 0.497 e. The minimum atomic E-state index is -0.616. The number of para-hydroxylation sites is 1. The first-order valence-electron chi connectivity index (χ1n) is 6.70. The van der Waals surface area contributed by atoms with Gasteiger partial charge in [-0.1, -0.05) is 12.1 Å². The monoisotopic (exact) mass is 318 g/mol. The van der Waals surface area contributed by atoms with E-state index in [1.165, 1.54) is 25.3 Å². The van der Waals surface area contributed by atoms with Gasteiger partial charge in [0.2, 0.25) is 0 Å². The van der Waals surface area contributed by atoms with Crippen LogP contribution in [-0.2, 0) is 4.79 Å². The van der Waals surface area contributed by atoms with Crippen LogP contribution in [0.4, 0.5) is 4.39 Å². The van der Waals surface area contributed by atoms with Crippen LogP contribution in [0.15, 0.2) is 48.5 Å². The Morgan fingerprint density at radius 3 is 2.39 bits per heavy atom. The van der Waals surface area contributed by atoms with E-state index in [9.17, 15) is 14.0 Å². The lowest BCUT2D eigenvalue weighted by molar-refractivity contribution is -0.123. The summed E-state index contributed by atoms with van der Waals surface area (Å²) in [6.45, 7) is -0.427. The van der Waals surface area contributed by atoms with Gasteiger partial charge in [-0.05, 0) is 36.4 Å². The summed E-state index contributed by atoms with van der Waals surface area (Å²) < 4.78 is 23.3. The van der Waals surface area contributed by atoms with Crippen LogP contribution in [0, 0.1) is 5.82 Å². The van der Waals surface area contributed by atoms with E-state index in [0.717, 1.165) is 0 Å². The summed E-state index contributed by atoms with van der Waals surface area (Å²) in [5.74, 6) is -1.10. The molecule has 0 atom stereocenters. The minimum absolute atomic E-state index is 0.0378. The molecule has 2 N–H and O–H groups in total. The molecule has 0 saturated heterocycles. The highest BCUT2D eigenvalue weighted by Gasteiger charge is 2.09. The van der Waals surface area contributed by atoms with Gasteiger partial charge in [-0.2, -0.15) is 0 Å². The molecular formula is C16H15FN2O4. The lowest BCUT2D eigenvalue weighted by Gasteiger charge is -2.09. The summed E-state index contributed by atoms with van der Waals surface area (Å²) in [5, 5.41) is 0. The van der Waals surface area contributed by atoms with E-state index in [4.69, 9.17) is 9.47 Å². The summed E-state index contributed by atoms with van der Waals surface area (Å²) in [5.41, 5.74) is 4.76. The van der Waals surface area contributed by atoms with E-state index >= 15 is 0 Å². The van der Waals surface area contributed by atoms with Gasteiger partial charge in [0.25, 0.3) is 11.8 Å². The van der Waals surface area contributed by atoms with E-state index < -0.39 is 24.2 Å². The molecule has 0 spiro atoms. The van der Waals surface area contributed by atoms with Gasteiger partial charge >= 0.3 is 0 Å². The third-order valence-corrected chi connectivity index (χ3v) is 2.86. The number of hydrazine groups is 1. The fourth-order valence-electron chi connectivity index (χ4n) is 1.68. The number of benzene rings is 2. The number of carbonyl (C=O) groups excluding carboxylic acids is 2. The second kappa shape index (κ2) is 7.79. The Morgan fingerprint density at radius 2 is 1.74 bits per heavy atom. The average molecular weight is 318 g/mol. The van der Waals surface area contributed by atoms with Gasteiger partial charge in [0.05, 0.1) is 7.11 Å². The second-order valence-electron chi connectivity index (χ2n) is 4.45. The van der Waals surface area contributed by atoms with Crippen molar-refractivity contribution in [3.63, 3.8) is 0 Å². The maximum atomic E-state index is 13.3. The van der Waals surface area contributed by atoms with Gasteiger partial charge in [0.1, 0.15) is 5.75 Å². The molecule has 0 aliphatic heterocycles. The van der Waals surface area contributed by atoms with Gasteiger partial charge < -0.3 is 9.47 Å². The predicted octanol–water partition coefficient (Wildman–Crippen LogP) is 1.67. The Kier molecular flexibility index (Phi) is 5.51. The summed E-state index contributed by atoms with van der Waals surface area (Å²) >= 11 is 0. The molecule has 2 amide bonds. The van der Waals surface area contributed by atoms with Crippen LogP contribution < -0.4 is 20.3 Å². The molecule has 23 heavy (non-hydrogen) atoms. The fourth-order valence-corrected chi connectivity index (χ4v) is 1.68. The van der Waals surface area contributed by atoms with Crippen molar-refractivity contribution in [2.45, 2.75) is 0 Å². The van der Waals surface area contributed by atoms with Crippen LogP contribution in [0.25, 0.3) is 0 Å². The molecule has 2 aromatic carbocycles. The van der Waals surface area contributed by atoms with Crippen molar-refractivity contribution in [1.29, 1.82) is 0 Å². The van der Waals surface area contributed by atoms with Crippen LogP contribution in [0.2, 0.25) is 0 Å². The number of rotatable bonds is 5. The van der Waals surface area contributed by atoms with Crippen LogP contribution in [-0.4, -0.2) is 25.5 Å². The summed E-state index contributed by atoms with van der Waals surface area (Å²) in [6.07, 6.45) is 0. The Hall–Kier alpha value is -3.09. The second-order valence-corrected chi connectivity index (χ2v) is 4.45. The fraction of sp³-hybridized carbons (Fsp3) is 0.125. The molecule has 0 saturated carbocycles. The highest BCUT2D eigenvalue weighted by Crippen LogP contribution is 2.14. The molecule has 0 aromatic heterocycles. The molecule has 0 aliphatic rings. The Morgan fingerprint density at radius 1 is 1.04 bits per heavy atom. The molecule has 120 valence electrons. The average Bonchev–Trinajstić information content (AvgIpc) is 2.59. The van der Waals surface area contributed by atoms with Crippen molar-refractivity contribution >= 4 is 11.8 Å². The zero-order valence-corrected chi connectivity index (χ0v) is 12.3. The van der Waals surface area contributed by atoms with Crippen molar-refractivity contribution in [2.75, 3.05) is 13.7 Å². The van der Waals surface area contributed by atoms with Crippen molar-refractivity contribution in [2.24, 2.45) is 0 Å². The molecule has 0 bridgehead atoms. The van der Waals surface area contributed by atoms with E-state index in [1.807, 2.05) is 0 Å². The summed E-state index contributed by atoms with van der Waals surface area (Å²) in [4.78, 5) is 23.4. The third-order valence-electron chi connectivity index (χ3n) is 2.86. The quantitative estimate of drug-likeness (QED) is 0.822. The van der Waals surface area contributed by atoms with Crippen molar-refractivity contribution < 1.29 is 23.5 Å². The van der Waals surface area contributed by atoms with Crippen LogP contribution in [0.5, 0.6) is 11.5 Å². The van der Waals surface area contributed by atoms with Gasteiger partial charge in [-0.15, -0.1) is 0 Å². The van der Waals surface area contributed by atoms with Crippen molar-refractivity contribution in [3.05, 3.63) is 59.9 Å². The lowest BCUT2D eigenvalue weighted by atomic mass is 10.2. The Labute approximate surface area is 132 Å². The number of hydrogen-bond acceptors (Lipinski definition) is 4. The molecule has 2 aromatic rings. The molecular weight excluding hydrogens is 303 g/mol. The minimum Gasteiger partial charge on any atom is -0.497 e. The normalized spacial score (nSPS) is 9.83. The smallest absolute Gasteiger partial charge is 0.276 e. The maximum absolute atomic E-state index is 13.3. The summed E-state index contributed by atoms with van der Waals surface area (Å²) in [6, 6.07) is 12.1. The first kappa shape index (κ1) is 16.3. The first-order valence-corrected chi connectivity index (χ1v) is 6.70. The molecule has 0 fully saturated rings. The first-order chi connectivity index (χ1) is 11.1. The molecule has 6 nitrogen and oxygen atoms in total. The van der Waals surface area contributed by atoms with Gasteiger partial charge in [-0.25, -0.2) is 4.39 Å². The molecule has 0 unspecified atom stereocenters. The molecule has 0 heterocycles. The molecule has 0 aliphatic carbocycles. The van der Waals surface area contributed by atoms with Crippen LogP contribution >= 0.6 is 0 Å². The Balaban J connectivity index is 1.79. The maximum Gasteiger partial charge on any atom is 0.276 e. The Bertz CT molecular complexity index is 689. The zero-order chi connectivity index (χ0) is 16.7. The number of hydrogen-bond donors (Lipinski definition) is 2. The molecule has 2 rings (SSSR count). The van der Waals surface area contributed by atoms with Crippen molar-refractivity contribution in [1.82, 2.24) is 10.9 Å². The summed E-state index contributed by atoms with van der Waals surface area (Å²) in [7, 11) is 1.52. The number of methoxy groups -OCH3 is 1.